The second kappa shape index (κ2) is 5.61. The standard InChI is InChI=1S/C11H24O2/c1-9(2)12-7-10(3)8-13-11(4,5)6/h9-10H,7-8H2,1-6H3/t10-/m1/s1. The smallest absolute Gasteiger partial charge is 0.0598 e. The Labute approximate surface area is 82.6 Å². The molecule has 2 heteroatoms. The largest absolute Gasteiger partial charge is 0.378 e. The monoisotopic (exact) mass is 188 g/mol. The molecule has 0 aromatic carbocycles. The molecule has 2 nitrogen and oxygen atoms in total. The Balaban J connectivity index is 3.46. The summed E-state index contributed by atoms with van der Waals surface area (Å²) in [7, 11) is 0. The summed E-state index contributed by atoms with van der Waals surface area (Å²) >= 11 is 0. The fraction of sp³-hybridized carbons (Fsp3) is 1.00. The molecule has 0 bridgehead atoms. The lowest BCUT2D eigenvalue weighted by Crippen LogP contribution is -2.25. The number of hydrogen-bond acceptors (Lipinski definition) is 2. The van der Waals surface area contributed by atoms with Crippen molar-refractivity contribution >= 4 is 0 Å². The van der Waals surface area contributed by atoms with Crippen molar-refractivity contribution in [3.05, 3.63) is 0 Å². The van der Waals surface area contributed by atoms with Crippen molar-refractivity contribution in [2.45, 2.75) is 53.2 Å². The van der Waals surface area contributed by atoms with Crippen molar-refractivity contribution in [1.29, 1.82) is 0 Å². The fourth-order valence-corrected chi connectivity index (χ4v) is 0.797. The Morgan fingerprint density at radius 1 is 1.00 bits per heavy atom. The quantitative estimate of drug-likeness (QED) is 0.660. The van der Waals surface area contributed by atoms with Crippen LogP contribution in [0.25, 0.3) is 0 Å². The van der Waals surface area contributed by atoms with Crippen LogP contribution >= 0.6 is 0 Å². The van der Waals surface area contributed by atoms with Crippen LogP contribution in [0.2, 0.25) is 0 Å². The Kier molecular flexibility index (Phi) is 5.57. The van der Waals surface area contributed by atoms with Crippen LogP contribution in [0, 0.1) is 5.92 Å². The molecule has 0 aromatic rings. The van der Waals surface area contributed by atoms with Crippen LogP contribution in [0.1, 0.15) is 41.5 Å². The maximum Gasteiger partial charge on any atom is 0.0598 e. The highest BCUT2D eigenvalue weighted by atomic mass is 16.5. The third kappa shape index (κ3) is 9.84. The second-order valence-corrected chi connectivity index (χ2v) is 4.91. The van der Waals surface area contributed by atoms with Gasteiger partial charge in [0.1, 0.15) is 0 Å². The van der Waals surface area contributed by atoms with Crippen LogP contribution in [-0.4, -0.2) is 24.9 Å². The van der Waals surface area contributed by atoms with Gasteiger partial charge in [-0.2, -0.15) is 0 Å². The molecule has 0 saturated carbocycles. The molecule has 13 heavy (non-hydrogen) atoms. The minimum atomic E-state index is -0.0356. The normalized spacial score (nSPS) is 15.0. The molecule has 0 unspecified atom stereocenters. The van der Waals surface area contributed by atoms with E-state index in [-0.39, 0.29) is 5.60 Å². The summed E-state index contributed by atoms with van der Waals surface area (Å²) < 4.78 is 11.1. The van der Waals surface area contributed by atoms with Gasteiger partial charge in [-0.25, -0.2) is 0 Å². The maximum absolute atomic E-state index is 5.64. The highest BCUT2D eigenvalue weighted by Crippen LogP contribution is 2.09. The number of ether oxygens (including phenoxy) is 2. The lowest BCUT2D eigenvalue weighted by atomic mass is 10.1. The van der Waals surface area contributed by atoms with Crippen molar-refractivity contribution in [2.24, 2.45) is 5.92 Å². The van der Waals surface area contributed by atoms with E-state index in [0.717, 1.165) is 13.2 Å². The average Bonchev–Trinajstić information content (AvgIpc) is 1.95. The van der Waals surface area contributed by atoms with E-state index >= 15 is 0 Å². The highest BCUT2D eigenvalue weighted by Gasteiger charge is 2.12. The zero-order chi connectivity index (χ0) is 10.5. The summed E-state index contributed by atoms with van der Waals surface area (Å²) in [6, 6.07) is 0. The van der Waals surface area contributed by atoms with Crippen LogP contribution in [0.3, 0.4) is 0 Å². The first-order valence-corrected chi connectivity index (χ1v) is 5.07. The van der Waals surface area contributed by atoms with Crippen molar-refractivity contribution in [2.75, 3.05) is 13.2 Å². The maximum atomic E-state index is 5.64. The summed E-state index contributed by atoms with van der Waals surface area (Å²) in [6.45, 7) is 14.0. The van der Waals surface area contributed by atoms with Gasteiger partial charge in [-0.3, -0.25) is 0 Å². The van der Waals surface area contributed by atoms with E-state index in [9.17, 15) is 0 Å². The molecule has 0 N–H and O–H groups in total. The second-order valence-electron chi connectivity index (χ2n) is 4.91. The molecule has 0 aliphatic carbocycles. The SMILES string of the molecule is CC(C)OC[C@@H](C)COC(C)(C)C. The molecule has 0 aliphatic rings. The molecule has 0 spiro atoms. The molecule has 1 atom stereocenters. The third-order valence-corrected chi connectivity index (χ3v) is 1.51. The summed E-state index contributed by atoms with van der Waals surface area (Å²) in [5.41, 5.74) is -0.0356. The van der Waals surface area contributed by atoms with Crippen molar-refractivity contribution in [3.63, 3.8) is 0 Å². The fourth-order valence-electron chi connectivity index (χ4n) is 0.797. The van der Waals surface area contributed by atoms with E-state index in [1.54, 1.807) is 0 Å². The summed E-state index contributed by atoms with van der Waals surface area (Å²) in [6.07, 6.45) is 0.317. The molecule has 0 fully saturated rings. The number of rotatable bonds is 5. The molecule has 0 aromatic heterocycles. The van der Waals surface area contributed by atoms with E-state index in [1.165, 1.54) is 0 Å². The Hall–Kier alpha value is -0.0800. The lowest BCUT2D eigenvalue weighted by molar-refractivity contribution is -0.0418. The molecule has 0 radical (unpaired) electrons. The van der Waals surface area contributed by atoms with Gasteiger partial charge < -0.3 is 9.47 Å². The predicted molar refractivity (Wildman–Crippen MR) is 56.0 cm³/mol. The van der Waals surface area contributed by atoms with Gasteiger partial charge in [-0.15, -0.1) is 0 Å². The van der Waals surface area contributed by atoms with Crippen molar-refractivity contribution < 1.29 is 9.47 Å². The van der Waals surface area contributed by atoms with Crippen molar-refractivity contribution in [3.8, 4) is 0 Å². The predicted octanol–water partition coefficient (Wildman–Crippen LogP) is 2.86. The van der Waals surface area contributed by atoms with Gasteiger partial charge in [-0.05, 0) is 34.6 Å². The Bertz CT molecular complexity index is 125. The Morgan fingerprint density at radius 3 is 1.92 bits per heavy atom. The van der Waals surface area contributed by atoms with E-state index in [2.05, 4.69) is 41.5 Å². The van der Waals surface area contributed by atoms with Crippen LogP contribution in [0.4, 0.5) is 0 Å². The van der Waals surface area contributed by atoms with E-state index in [4.69, 9.17) is 9.47 Å². The molecule has 0 saturated heterocycles. The lowest BCUT2D eigenvalue weighted by Gasteiger charge is -2.22. The van der Waals surface area contributed by atoms with E-state index in [1.807, 2.05) is 0 Å². The molecule has 0 heterocycles. The summed E-state index contributed by atoms with van der Waals surface area (Å²) in [4.78, 5) is 0. The molecule has 0 rings (SSSR count). The van der Waals surface area contributed by atoms with Gasteiger partial charge in [0.15, 0.2) is 0 Å². The van der Waals surface area contributed by atoms with E-state index in [0.29, 0.717) is 12.0 Å². The number of hydrogen-bond donors (Lipinski definition) is 0. The first kappa shape index (κ1) is 12.9. The molecule has 80 valence electrons. The topological polar surface area (TPSA) is 18.5 Å². The zero-order valence-corrected chi connectivity index (χ0v) is 9.89. The first-order valence-electron chi connectivity index (χ1n) is 5.07. The van der Waals surface area contributed by atoms with Crippen LogP contribution < -0.4 is 0 Å². The van der Waals surface area contributed by atoms with Gasteiger partial charge in [0, 0.05) is 5.92 Å². The minimum absolute atomic E-state index is 0.0356. The third-order valence-electron chi connectivity index (χ3n) is 1.51. The minimum Gasteiger partial charge on any atom is -0.378 e. The molecular formula is C11H24O2. The van der Waals surface area contributed by atoms with E-state index < -0.39 is 0 Å². The molecular weight excluding hydrogens is 164 g/mol. The summed E-state index contributed by atoms with van der Waals surface area (Å²) in [5.74, 6) is 0.474. The zero-order valence-electron chi connectivity index (χ0n) is 9.89. The van der Waals surface area contributed by atoms with Gasteiger partial charge in [0.2, 0.25) is 0 Å². The highest BCUT2D eigenvalue weighted by molar-refractivity contribution is 4.60. The van der Waals surface area contributed by atoms with Crippen LogP contribution in [0.5, 0.6) is 0 Å². The van der Waals surface area contributed by atoms with Crippen molar-refractivity contribution in [1.82, 2.24) is 0 Å². The molecule has 0 aliphatic heterocycles. The molecule has 0 amide bonds. The van der Waals surface area contributed by atoms with Crippen LogP contribution in [-0.2, 0) is 9.47 Å². The average molecular weight is 188 g/mol. The van der Waals surface area contributed by atoms with Gasteiger partial charge >= 0.3 is 0 Å². The van der Waals surface area contributed by atoms with Gasteiger partial charge in [0.05, 0.1) is 24.9 Å². The van der Waals surface area contributed by atoms with Gasteiger partial charge in [0.25, 0.3) is 0 Å². The summed E-state index contributed by atoms with van der Waals surface area (Å²) in [5, 5.41) is 0. The van der Waals surface area contributed by atoms with Gasteiger partial charge in [-0.1, -0.05) is 6.92 Å². The first-order chi connectivity index (χ1) is 5.81. The Morgan fingerprint density at radius 2 is 1.54 bits per heavy atom. The van der Waals surface area contributed by atoms with Crippen LogP contribution in [0.15, 0.2) is 0 Å².